The molecule has 2 N–H and O–H groups in total. The lowest BCUT2D eigenvalue weighted by atomic mass is 10.2. The largest absolute Gasteiger partial charge is 0.331 e. The van der Waals surface area contributed by atoms with Gasteiger partial charge in [0.05, 0.1) is 16.8 Å². The van der Waals surface area contributed by atoms with Crippen LogP contribution in [0.4, 0.5) is 11.4 Å². The van der Waals surface area contributed by atoms with E-state index in [0.717, 1.165) is 0 Å². The molecule has 0 atom stereocenters. The smallest absolute Gasteiger partial charge is 0.270 e. The zero-order chi connectivity index (χ0) is 16.7. The van der Waals surface area contributed by atoms with E-state index in [1.54, 1.807) is 36.7 Å². The molecule has 0 aliphatic carbocycles. The Hall–Kier alpha value is -3.13. The first-order chi connectivity index (χ1) is 11.0. The molecule has 116 valence electrons. The van der Waals surface area contributed by atoms with Crippen LogP contribution in [0.15, 0.2) is 54.9 Å². The molecule has 23 heavy (non-hydrogen) atoms. The van der Waals surface area contributed by atoms with Crippen LogP contribution in [0.5, 0.6) is 0 Å². The molecule has 2 rings (SSSR count). The van der Waals surface area contributed by atoms with Crippen molar-refractivity contribution in [1.29, 1.82) is 0 Å². The fourth-order valence-electron chi connectivity index (χ4n) is 1.67. The Balaban J connectivity index is 1.92. The van der Waals surface area contributed by atoms with Crippen LogP contribution < -0.4 is 10.6 Å². The lowest BCUT2D eigenvalue weighted by Gasteiger charge is -2.07. The number of carbonyl (C=O) groups is 1. The van der Waals surface area contributed by atoms with Gasteiger partial charge in [0, 0.05) is 24.4 Å². The second kappa shape index (κ2) is 7.76. The van der Waals surface area contributed by atoms with E-state index in [2.05, 4.69) is 15.6 Å². The first-order valence-corrected chi connectivity index (χ1v) is 6.90. The molecule has 0 saturated carbocycles. The molecular formula is C15H12N4O3S. The van der Waals surface area contributed by atoms with Gasteiger partial charge in [-0.25, -0.2) is 0 Å². The maximum Gasteiger partial charge on any atom is 0.270 e. The monoisotopic (exact) mass is 328 g/mol. The highest BCUT2D eigenvalue weighted by Crippen LogP contribution is 2.14. The highest BCUT2D eigenvalue weighted by atomic mass is 32.1. The number of aromatic nitrogens is 1. The van der Waals surface area contributed by atoms with E-state index in [1.165, 1.54) is 24.3 Å². The van der Waals surface area contributed by atoms with E-state index < -0.39 is 10.8 Å². The molecule has 0 radical (unpaired) electrons. The number of amides is 1. The first kappa shape index (κ1) is 16.2. The predicted molar refractivity (Wildman–Crippen MR) is 90.7 cm³/mol. The second-order valence-electron chi connectivity index (χ2n) is 4.37. The normalized spacial score (nSPS) is 10.3. The van der Waals surface area contributed by atoms with Gasteiger partial charge >= 0.3 is 0 Å². The quantitative estimate of drug-likeness (QED) is 0.387. The minimum absolute atomic E-state index is 0.0404. The first-order valence-electron chi connectivity index (χ1n) is 6.49. The minimum Gasteiger partial charge on any atom is -0.331 e. The zero-order valence-electron chi connectivity index (χ0n) is 11.8. The maximum absolute atomic E-state index is 11.8. The van der Waals surface area contributed by atoms with Crippen LogP contribution in [-0.2, 0) is 4.79 Å². The summed E-state index contributed by atoms with van der Waals surface area (Å²) >= 11 is 5.00. The van der Waals surface area contributed by atoms with Gasteiger partial charge in [0.2, 0.25) is 5.91 Å². The SMILES string of the molecule is O=C(/C=C/c1cccc([N+](=O)[O-])c1)NC(=S)Nc1cccnc1. The number of pyridine rings is 1. The number of nitrogens with one attached hydrogen (secondary N) is 2. The van der Waals surface area contributed by atoms with Crippen LogP contribution in [0.25, 0.3) is 6.08 Å². The molecule has 0 spiro atoms. The summed E-state index contributed by atoms with van der Waals surface area (Å²) in [5, 5.41) is 16.1. The summed E-state index contributed by atoms with van der Waals surface area (Å²) < 4.78 is 0. The summed E-state index contributed by atoms with van der Waals surface area (Å²) in [7, 11) is 0. The Bertz CT molecular complexity index is 762. The van der Waals surface area contributed by atoms with E-state index in [1.807, 2.05) is 0 Å². The van der Waals surface area contributed by atoms with Crippen LogP contribution in [0, 0.1) is 10.1 Å². The Morgan fingerprint density at radius 3 is 2.83 bits per heavy atom. The van der Waals surface area contributed by atoms with Gasteiger partial charge in [-0.2, -0.15) is 0 Å². The standard InChI is InChI=1S/C15H12N4O3S/c20-14(18-15(23)17-12-4-2-8-16-10-12)7-6-11-3-1-5-13(9-11)19(21)22/h1-10H,(H2,17,18,20,23)/b7-6+. The molecule has 8 heteroatoms. The molecule has 2 aromatic rings. The maximum atomic E-state index is 11.8. The summed E-state index contributed by atoms with van der Waals surface area (Å²) in [6.45, 7) is 0. The van der Waals surface area contributed by atoms with E-state index in [9.17, 15) is 14.9 Å². The molecule has 1 heterocycles. The second-order valence-corrected chi connectivity index (χ2v) is 4.78. The fraction of sp³-hybridized carbons (Fsp3) is 0. The van der Waals surface area contributed by atoms with Crippen LogP contribution in [0.2, 0.25) is 0 Å². The van der Waals surface area contributed by atoms with Crippen LogP contribution in [0.3, 0.4) is 0 Å². The number of nitro groups is 1. The number of nitrogens with zero attached hydrogens (tertiary/aromatic N) is 2. The molecule has 1 aromatic heterocycles. The lowest BCUT2D eigenvalue weighted by Crippen LogP contribution is -2.32. The third-order valence-electron chi connectivity index (χ3n) is 2.66. The van der Waals surface area contributed by atoms with Gasteiger partial charge in [0.25, 0.3) is 5.69 Å². The van der Waals surface area contributed by atoms with Crippen molar-refractivity contribution in [3.05, 3.63) is 70.5 Å². The highest BCUT2D eigenvalue weighted by molar-refractivity contribution is 7.80. The Labute approximate surface area is 137 Å². The minimum atomic E-state index is -0.496. The van der Waals surface area contributed by atoms with Crippen LogP contribution in [0.1, 0.15) is 5.56 Å². The topological polar surface area (TPSA) is 97.2 Å². The van der Waals surface area contributed by atoms with Crippen molar-refractivity contribution in [3.63, 3.8) is 0 Å². The average Bonchev–Trinajstić information content (AvgIpc) is 2.54. The van der Waals surface area contributed by atoms with Crippen molar-refractivity contribution >= 4 is 40.7 Å². The van der Waals surface area contributed by atoms with Crippen molar-refractivity contribution in [2.24, 2.45) is 0 Å². The molecule has 1 aromatic carbocycles. The number of thiocarbonyl (C=S) groups is 1. The third kappa shape index (κ3) is 5.29. The van der Waals surface area contributed by atoms with Gasteiger partial charge in [0.1, 0.15) is 0 Å². The van der Waals surface area contributed by atoms with Crippen molar-refractivity contribution in [2.75, 3.05) is 5.32 Å². The molecule has 1 amide bonds. The number of hydrogen-bond donors (Lipinski definition) is 2. The van der Waals surface area contributed by atoms with Crippen molar-refractivity contribution in [1.82, 2.24) is 10.3 Å². The van der Waals surface area contributed by atoms with Crippen molar-refractivity contribution in [3.8, 4) is 0 Å². The van der Waals surface area contributed by atoms with Crippen molar-refractivity contribution in [2.45, 2.75) is 0 Å². The number of rotatable bonds is 4. The number of anilines is 1. The zero-order valence-corrected chi connectivity index (χ0v) is 12.6. The molecule has 0 aliphatic rings. The van der Waals surface area contributed by atoms with Crippen molar-refractivity contribution < 1.29 is 9.72 Å². The molecule has 0 unspecified atom stereocenters. The third-order valence-corrected chi connectivity index (χ3v) is 2.87. The number of nitro benzene ring substituents is 1. The lowest BCUT2D eigenvalue weighted by molar-refractivity contribution is -0.384. The van der Waals surface area contributed by atoms with Crippen LogP contribution >= 0.6 is 12.2 Å². The Kier molecular flexibility index (Phi) is 5.48. The van der Waals surface area contributed by atoms with Gasteiger partial charge in [0.15, 0.2) is 5.11 Å². The Morgan fingerprint density at radius 1 is 1.30 bits per heavy atom. The molecule has 0 aliphatic heterocycles. The fourth-order valence-corrected chi connectivity index (χ4v) is 1.88. The van der Waals surface area contributed by atoms with E-state index in [0.29, 0.717) is 11.3 Å². The average molecular weight is 328 g/mol. The number of carbonyl (C=O) groups excluding carboxylic acids is 1. The summed E-state index contributed by atoms with van der Waals surface area (Å²) in [6, 6.07) is 9.44. The van der Waals surface area contributed by atoms with Gasteiger partial charge in [-0.15, -0.1) is 0 Å². The summed E-state index contributed by atoms with van der Waals surface area (Å²) in [5.41, 5.74) is 1.15. The van der Waals surface area contributed by atoms with E-state index >= 15 is 0 Å². The van der Waals surface area contributed by atoms with Gasteiger partial charge < -0.3 is 5.32 Å². The molecule has 0 bridgehead atoms. The molecule has 0 fully saturated rings. The summed E-state index contributed by atoms with van der Waals surface area (Å²) in [5.74, 6) is -0.446. The molecular weight excluding hydrogens is 316 g/mol. The molecule has 7 nitrogen and oxygen atoms in total. The Morgan fingerprint density at radius 2 is 2.13 bits per heavy atom. The predicted octanol–water partition coefficient (Wildman–Crippen LogP) is 2.52. The summed E-state index contributed by atoms with van der Waals surface area (Å²) in [4.78, 5) is 25.9. The number of non-ortho nitro benzene ring substituents is 1. The highest BCUT2D eigenvalue weighted by Gasteiger charge is 2.05. The number of hydrogen-bond acceptors (Lipinski definition) is 5. The van der Waals surface area contributed by atoms with E-state index in [-0.39, 0.29) is 10.8 Å². The van der Waals surface area contributed by atoms with Gasteiger partial charge in [-0.1, -0.05) is 12.1 Å². The number of benzene rings is 1. The van der Waals surface area contributed by atoms with Gasteiger partial charge in [-0.05, 0) is 36.0 Å². The summed E-state index contributed by atoms with van der Waals surface area (Å²) in [6.07, 6.45) is 5.90. The van der Waals surface area contributed by atoms with Crippen LogP contribution in [-0.4, -0.2) is 20.9 Å². The van der Waals surface area contributed by atoms with E-state index in [4.69, 9.17) is 12.2 Å². The van der Waals surface area contributed by atoms with Gasteiger partial charge in [-0.3, -0.25) is 25.2 Å². The molecule has 0 saturated heterocycles.